The smallest absolute Gasteiger partial charge is 0.00953 e. The van der Waals surface area contributed by atoms with Gasteiger partial charge in [-0.15, -0.1) is 0 Å². The monoisotopic (exact) mass is 239 g/mol. The zero-order valence-electron chi connectivity index (χ0n) is 12.3. The summed E-state index contributed by atoms with van der Waals surface area (Å²) in [5.41, 5.74) is 0. The molecule has 0 aromatic heterocycles. The predicted octanol–water partition coefficient (Wildman–Crippen LogP) is 4.76. The highest BCUT2D eigenvalue weighted by Crippen LogP contribution is 2.30. The lowest BCUT2D eigenvalue weighted by Crippen LogP contribution is -2.33. The van der Waals surface area contributed by atoms with E-state index in [9.17, 15) is 0 Å². The van der Waals surface area contributed by atoms with Crippen LogP contribution in [0, 0.1) is 11.8 Å². The summed E-state index contributed by atoms with van der Waals surface area (Å²) >= 11 is 0. The standard InChI is InChI=1S/C16H33N/c1-4-5-6-7-8-9-10-13-17-16-12-11-14(2)15(16)3/h14-17H,4-13H2,1-3H3. The van der Waals surface area contributed by atoms with E-state index in [2.05, 4.69) is 26.1 Å². The summed E-state index contributed by atoms with van der Waals surface area (Å²) in [7, 11) is 0. The van der Waals surface area contributed by atoms with Crippen molar-refractivity contribution < 1.29 is 0 Å². The van der Waals surface area contributed by atoms with E-state index in [1.165, 1.54) is 64.3 Å². The maximum absolute atomic E-state index is 3.76. The van der Waals surface area contributed by atoms with Gasteiger partial charge in [0.15, 0.2) is 0 Å². The van der Waals surface area contributed by atoms with Crippen LogP contribution in [0.15, 0.2) is 0 Å². The number of nitrogens with one attached hydrogen (secondary N) is 1. The lowest BCUT2D eigenvalue weighted by molar-refractivity contribution is 0.367. The molecule has 1 fully saturated rings. The van der Waals surface area contributed by atoms with Gasteiger partial charge in [0.25, 0.3) is 0 Å². The molecule has 1 saturated carbocycles. The van der Waals surface area contributed by atoms with E-state index >= 15 is 0 Å². The van der Waals surface area contributed by atoms with Gasteiger partial charge in [-0.3, -0.25) is 0 Å². The summed E-state index contributed by atoms with van der Waals surface area (Å²) < 4.78 is 0. The van der Waals surface area contributed by atoms with Gasteiger partial charge < -0.3 is 5.32 Å². The van der Waals surface area contributed by atoms with Gasteiger partial charge in [0, 0.05) is 6.04 Å². The lowest BCUT2D eigenvalue weighted by atomic mass is 9.98. The Hall–Kier alpha value is -0.0400. The van der Waals surface area contributed by atoms with Crippen LogP contribution in [-0.2, 0) is 0 Å². The Morgan fingerprint density at radius 3 is 2.12 bits per heavy atom. The molecule has 0 saturated heterocycles. The maximum atomic E-state index is 3.76. The molecule has 0 heterocycles. The van der Waals surface area contributed by atoms with E-state index in [0.717, 1.165) is 17.9 Å². The Kier molecular flexibility index (Phi) is 7.92. The van der Waals surface area contributed by atoms with Crippen molar-refractivity contribution in [3.8, 4) is 0 Å². The van der Waals surface area contributed by atoms with E-state index in [4.69, 9.17) is 0 Å². The van der Waals surface area contributed by atoms with E-state index in [0.29, 0.717) is 0 Å². The quantitative estimate of drug-likeness (QED) is 0.572. The van der Waals surface area contributed by atoms with Crippen molar-refractivity contribution in [2.45, 2.75) is 84.6 Å². The normalized spacial score (nSPS) is 28.8. The highest BCUT2D eigenvalue weighted by molar-refractivity contribution is 4.84. The van der Waals surface area contributed by atoms with E-state index in [1.54, 1.807) is 0 Å². The molecule has 1 aliphatic carbocycles. The van der Waals surface area contributed by atoms with E-state index in [-0.39, 0.29) is 0 Å². The van der Waals surface area contributed by atoms with Gasteiger partial charge in [0.1, 0.15) is 0 Å². The molecule has 1 N–H and O–H groups in total. The molecule has 3 atom stereocenters. The van der Waals surface area contributed by atoms with Crippen molar-refractivity contribution in [2.24, 2.45) is 11.8 Å². The van der Waals surface area contributed by atoms with Gasteiger partial charge in [0.05, 0.1) is 0 Å². The summed E-state index contributed by atoms with van der Waals surface area (Å²) in [6, 6.07) is 0.810. The Balaban J connectivity index is 1.87. The highest BCUT2D eigenvalue weighted by atomic mass is 14.9. The fraction of sp³-hybridized carbons (Fsp3) is 1.00. The molecule has 0 aromatic carbocycles. The van der Waals surface area contributed by atoms with Gasteiger partial charge in [-0.05, 0) is 37.6 Å². The minimum Gasteiger partial charge on any atom is -0.314 e. The topological polar surface area (TPSA) is 12.0 Å². The van der Waals surface area contributed by atoms with Crippen molar-refractivity contribution in [2.75, 3.05) is 6.54 Å². The van der Waals surface area contributed by atoms with E-state index in [1.807, 2.05) is 0 Å². The number of hydrogen-bond donors (Lipinski definition) is 1. The number of hydrogen-bond acceptors (Lipinski definition) is 1. The number of unbranched alkanes of at least 4 members (excludes halogenated alkanes) is 6. The molecule has 0 spiro atoms. The molecule has 0 radical (unpaired) electrons. The second kappa shape index (κ2) is 8.97. The SMILES string of the molecule is CCCCCCCCCNC1CCC(C)C1C. The minimum absolute atomic E-state index is 0.810. The van der Waals surface area contributed by atoms with Gasteiger partial charge in [-0.2, -0.15) is 0 Å². The van der Waals surface area contributed by atoms with Crippen molar-refractivity contribution in [3.05, 3.63) is 0 Å². The molecule has 1 aliphatic rings. The molecule has 3 unspecified atom stereocenters. The Morgan fingerprint density at radius 2 is 1.53 bits per heavy atom. The molecule has 1 rings (SSSR count). The first-order valence-electron chi connectivity index (χ1n) is 7.99. The van der Waals surface area contributed by atoms with E-state index < -0.39 is 0 Å². The van der Waals surface area contributed by atoms with Gasteiger partial charge >= 0.3 is 0 Å². The second-order valence-electron chi connectivity index (χ2n) is 6.10. The number of rotatable bonds is 9. The second-order valence-corrected chi connectivity index (χ2v) is 6.10. The molecule has 1 nitrogen and oxygen atoms in total. The third-order valence-electron chi connectivity index (χ3n) is 4.65. The van der Waals surface area contributed by atoms with Crippen LogP contribution in [0.1, 0.15) is 78.6 Å². The van der Waals surface area contributed by atoms with Crippen LogP contribution in [0.25, 0.3) is 0 Å². The van der Waals surface area contributed by atoms with Gasteiger partial charge in [-0.25, -0.2) is 0 Å². The van der Waals surface area contributed by atoms with Crippen LogP contribution in [-0.4, -0.2) is 12.6 Å². The van der Waals surface area contributed by atoms with Crippen molar-refractivity contribution in [3.63, 3.8) is 0 Å². The fourth-order valence-corrected chi connectivity index (χ4v) is 3.02. The van der Waals surface area contributed by atoms with Crippen molar-refractivity contribution >= 4 is 0 Å². The zero-order chi connectivity index (χ0) is 12.5. The summed E-state index contributed by atoms with van der Waals surface area (Å²) in [6.07, 6.45) is 12.8. The third-order valence-corrected chi connectivity index (χ3v) is 4.65. The zero-order valence-corrected chi connectivity index (χ0v) is 12.3. The van der Waals surface area contributed by atoms with Crippen molar-refractivity contribution in [1.29, 1.82) is 0 Å². The predicted molar refractivity (Wildman–Crippen MR) is 77.3 cm³/mol. The first-order chi connectivity index (χ1) is 8.25. The lowest BCUT2D eigenvalue weighted by Gasteiger charge is -2.19. The van der Waals surface area contributed by atoms with Crippen LogP contribution in [0.2, 0.25) is 0 Å². The first kappa shape index (κ1) is 15.0. The molecule has 0 aromatic rings. The van der Waals surface area contributed by atoms with Crippen LogP contribution < -0.4 is 5.32 Å². The van der Waals surface area contributed by atoms with Crippen LogP contribution >= 0.6 is 0 Å². The Labute approximate surface area is 109 Å². The first-order valence-corrected chi connectivity index (χ1v) is 7.99. The molecular weight excluding hydrogens is 206 g/mol. The fourth-order valence-electron chi connectivity index (χ4n) is 3.02. The van der Waals surface area contributed by atoms with Crippen LogP contribution in [0.4, 0.5) is 0 Å². The summed E-state index contributed by atoms with van der Waals surface area (Å²) in [4.78, 5) is 0. The molecule has 0 bridgehead atoms. The maximum Gasteiger partial charge on any atom is 0.00953 e. The van der Waals surface area contributed by atoms with Crippen LogP contribution in [0.3, 0.4) is 0 Å². The van der Waals surface area contributed by atoms with Crippen LogP contribution in [0.5, 0.6) is 0 Å². The molecule has 1 heteroatoms. The summed E-state index contributed by atoms with van der Waals surface area (Å²) in [5.74, 6) is 1.82. The van der Waals surface area contributed by atoms with Crippen molar-refractivity contribution in [1.82, 2.24) is 5.32 Å². The Morgan fingerprint density at radius 1 is 0.882 bits per heavy atom. The third kappa shape index (κ3) is 5.90. The molecule has 0 aliphatic heterocycles. The molecule has 17 heavy (non-hydrogen) atoms. The molecule has 0 amide bonds. The molecule has 102 valence electrons. The highest BCUT2D eigenvalue weighted by Gasteiger charge is 2.28. The average molecular weight is 239 g/mol. The Bertz CT molecular complexity index is 178. The van der Waals surface area contributed by atoms with Gasteiger partial charge in [0.2, 0.25) is 0 Å². The molecular formula is C16H33N. The average Bonchev–Trinajstić information content (AvgIpc) is 2.64. The summed E-state index contributed by atoms with van der Waals surface area (Å²) in [6.45, 7) is 8.35. The minimum atomic E-state index is 0.810. The summed E-state index contributed by atoms with van der Waals surface area (Å²) in [5, 5.41) is 3.76. The largest absolute Gasteiger partial charge is 0.314 e. The van der Waals surface area contributed by atoms with Gasteiger partial charge in [-0.1, -0.05) is 59.3 Å².